The predicted octanol–water partition coefficient (Wildman–Crippen LogP) is 5.83. The van der Waals surface area contributed by atoms with Gasteiger partial charge in [0.1, 0.15) is 29.6 Å². The van der Waals surface area contributed by atoms with Gasteiger partial charge >= 0.3 is 0 Å². The maximum Gasteiger partial charge on any atom is 0.291 e. The number of benzene rings is 3. The summed E-state index contributed by atoms with van der Waals surface area (Å²) >= 11 is 0. The number of furan rings is 1. The molecule has 0 unspecified atom stereocenters. The number of carbonyl (C=O) groups excluding carboxylic acids is 1. The van der Waals surface area contributed by atoms with Crippen molar-refractivity contribution >= 4 is 17.3 Å². The Morgan fingerprint density at radius 1 is 0.889 bits per heavy atom. The third-order valence-electron chi connectivity index (χ3n) is 4.96. The molecule has 184 valence electrons. The van der Waals surface area contributed by atoms with Crippen molar-refractivity contribution in [2.45, 2.75) is 6.61 Å². The van der Waals surface area contributed by atoms with E-state index in [9.17, 15) is 14.9 Å². The van der Waals surface area contributed by atoms with E-state index in [4.69, 9.17) is 23.4 Å². The van der Waals surface area contributed by atoms with Crippen LogP contribution in [0.4, 0.5) is 11.4 Å². The molecule has 10 nitrogen and oxygen atoms in total. The SMILES string of the molecule is COc1cccc(OCc2ccc(C(=O)Nc3cc(Oc4ccccc4OC)cc([N+](=O)[O-])c3)o2)c1. The van der Waals surface area contributed by atoms with Crippen LogP contribution in [0, 0.1) is 10.1 Å². The number of rotatable bonds is 10. The Bertz CT molecular complexity index is 1380. The van der Waals surface area contributed by atoms with Crippen LogP contribution >= 0.6 is 0 Å². The zero-order valence-corrected chi connectivity index (χ0v) is 19.4. The van der Waals surface area contributed by atoms with Crippen LogP contribution < -0.4 is 24.3 Å². The van der Waals surface area contributed by atoms with Gasteiger partial charge in [0.2, 0.25) is 0 Å². The fraction of sp³-hybridized carbons (Fsp3) is 0.115. The molecule has 0 atom stereocenters. The monoisotopic (exact) mass is 490 g/mol. The van der Waals surface area contributed by atoms with E-state index < -0.39 is 10.8 Å². The molecule has 1 heterocycles. The van der Waals surface area contributed by atoms with Gasteiger partial charge in [-0.25, -0.2) is 0 Å². The fourth-order valence-electron chi connectivity index (χ4n) is 3.27. The number of hydrogen-bond acceptors (Lipinski definition) is 8. The summed E-state index contributed by atoms with van der Waals surface area (Å²) in [6, 6.07) is 21.0. The van der Waals surface area contributed by atoms with Gasteiger partial charge in [-0.15, -0.1) is 0 Å². The van der Waals surface area contributed by atoms with Crippen LogP contribution in [0.5, 0.6) is 28.7 Å². The lowest BCUT2D eigenvalue weighted by atomic mass is 10.2. The Labute approximate surface area is 206 Å². The summed E-state index contributed by atoms with van der Waals surface area (Å²) in [4.78, 5) is 23.6. The van der Waals surface area contributed by atoms with E-state index in [1.54, 1.807) is 61.7 Å². The second-order valence-corrected chi connectivity index (χ2v) is 7.41. The van der Waals surface area contributed by atoms with Crippen LogP contribution in [-0.2, 0) is 6.61 Å². The molecule has 1 amide bonds. The molecule has 1 N–H and O–H groups in total. The summed E-state index contributed by atoms with van der Waals surface area (Å²) in [5.74, 6) is 2.04. The molecule has 4 aromatic rings. The van der Waals surface area contributed by atoms with Gasteiger partial charge in [-0.2, -0.15) is 0 Å². The Morgan fingerprint density at radius 3 is 2.42 bits per heavy atom. The van der Waals surface area contributed by atoms with Crippen LogP contribution in [0.1, 0.15) is 16.3 Å². The number of para-hydroxylation sites is 2. The predicted molar refractivity (Wildman–Crippen MR) is 130 cm³/mol. The molecule has 3 aromatic carbocycles. The topological polar surface area (TPSA) is 122 Å². The van der Waals surface area contributed by atoms with Gasteiger partial charge in [0.05, 0.1) is 30.9 Å². The van der Waals surface area contributed by atoms with Crippen molar-refractivity contribution in [2.24, 2.45) is 0 Å². The van der Waals surface area contributed by atoms with Gasteiger partial charge in [0.25, 0.3) is 11.6 Å². The Balaban J connectivity index is 1.47. The van der Waals surface area contributed by atoms with E-state index in [1.807, 2.05) is 0 Å². The van der Waals surface area contributed by atoms with Crippen molar-refractivity contribution in [3.05, 3.63) is 100 Å². The second kappa shape index (κ2) is 11.0. The summed E-state index contributed by atoms with van der Waals surface area (Å²) in [6.45, 7) is 0.0914. The lowest BCUT2D eigenvalue weighted by Gasteiger charge is -2.11. The molecule has 1 aromatic heterocycles. The van der Waals surface area contributed by atoms with Gasteiger partial charge < -0.3 is 28.7 Å². The van der Waals surface area contributed by atoms with E-state index in [2.05, 4.69) is 5.32 Å². The number of nitro groups is 1. The number of methoxy groups -OCH3 is 2. The van der Waals surface area contributed by atoms with Crippen molar-refractivity contribution in [2.75, 3.05) is 19.5 Å². The molecule has 4 rings (SSSR count). The zero-order chi connectivity index (χ0) is 25.5. The number of hydrogen-bond donors (Lipinski definition) is 1. The van der Waals surface area contributed by atoms with Crippen molar-refractivity contribution < 1.29 is 33.1 Å². The number of anilines is 1. The first-order valence-electron chi connectivity index (χ1n) is 10.7. The van der Waals surface area contributed by atoms with Crippen LogP contribution in [-0.4, -0.2) is 25.1 Å². The minimum absolute atomic E-state index is 0.0120. The average molecular weight is 490 g/mol. The van der Waals surface area contributed by atoms with Gasteiger partial charge in [0, 0.05) is 18.2 Å². The highest BCUT2D eigenvalue weighted by Crippen LogP contribution is 2.34. The first-order chi connectivity index (χ1) is 17.4. The lowest BCUT2D eigenvalue weighted by molar-refractivity contribution is -0.384. The highest BCUT2D eigenvalue weighted by atomic mass is 16.6. The van der Waals surface area contributed by atoms with Crippen LogP contribution in [0.3, 0.4) is 0 Å². The number of non-ortho nitro benzene ring substituents is 1. The molecular formula is C26H22N2O8. The molecule has 36 heavy (non-hydrogen) atoms. The molecule has 0 fully saturated rings. The summed E-state index contributed by atoms with van der Waals surface area (Å²) in [5, 5.41) is 14.0. The summed E-state index contributed by atoms with van der Waals surface area (Å²) in [6.07, 6.45) is 0. The smallest absolute Gasteiger partial charge is 0.291 e. The van der Waals surface area contributed by atoms with E-state index in [0.717, 1.165) is 0 Å². The average Bonchev–Trinajstić information content (AvgIpc) is 3.37. The molecule has 0 aliphatic carbocycles. The van der Waals surface area contributed by atoms with E-state index >= 15 is 0 Å². The van der Waals surface area contributed by atoms with Crippen molar-refractivity contribution in [3.8, 4) is 28.7 Å². The number of nitrogens with one attached hydrogen (secondary N) is 1. The van der Waals surface area contributed by atoms with E-state index in [1.165, 1.54) is 31.4 Å². The number of ether oxygens (including phenoxy) is 4. The fourth-order valence-corrected chi connectivity index (χ4v) is 3.27. The Hall–Kier alpha value is -4.99. The highest BCUT2D eigenvalue weighted by molar-refractivity contribution is 6.02. The van der Waals surface area contributed by atoms with Crippen LogP contribution in [0.2, 0.25) is 0 Å². The van der Waals surface area contributed by atoms with Crippen molar-refractivity contribution in [1.29, 1.82) is 0 Å². The molecule has 0 saturated carbocycles. The highest BCUT2D eigenvalue weighted by Gasteiger charge is 2.17. The van der Waals surface area contributed by atoms with Gasteiger partial charge in [-0.3, -0.25) is 14.9 Å². The molecule has 0 aliphatic rings. The van der Waals surface area contributed by atoms with Gasteiger partial charge in [0.15, 0.2) is 17.3 Å². The molecule has 0 bridgehead atoms. The molecule has 0 saturated heterocycles. The second-order valence-electron chi connectivity index (χ2n) is 7.41. The Kier molecular flexibility index (Phi) is 7.35. The number of nitro benzene ring substituents is 1. The van der Waals surface area contributed by atoms with Gasteiger partial charge in [-0.1, -0.05) is 18.2 Å². The number of amides is 1. The maximum atomic E-state index is 12.7. The van der Waals surface area contributed by atoms with Crippen molar-refractivity contribution in [3.63, 3.8) is 0 Å². The molecule has 10 heteroatoms. The minimum Gasteiger partial charge on any atom is -0.497 e. The van der Waals surface area contributed by atoms with Gasteiger partial charge in [-0.05, 0) is 36.4 Å². The third-order valence-corrected chi connectivity index (χ3v) is 4.96. The first kappa shape index (κ1) is 24.1. The number of carbonyl (C=O) groups is 1. The maximum absolute atomic E-state index is 12.7. The Morgan fingerprint density at radius 2 is 1.67 bits per heavy atom. The zero-order valence-electron chi connectivity index (χ0n) is 19.4. The summed E-state index contributed by atoms with van der Waals surface area (Å²) < 4.78 is 27.4. The lowest BCUT2D eigenvalue weighted by Crippen LogP contribution is -2.11. The van der Waals surface area contributed by atoms with E-state index in [-0.39, 0.29) is 29.5 Å². The summed E-state index contributed by atoms with van der Waals surface area (Å²) in [5.41, 5.74) is -0.103. The van der Waals surface area contributed by atoms with Crippen molar-refractivity contribution in [1.82, 2.24) is 0 Å². The molecule has 0 spiro atoms. The van der Waals surface area contributed by atoms with E-state index in [0.29, 0.717) is 28.8 Å². The molecule has 0 radical (unpaired) electrons. The largest absolute Gasteiger partial charge is 0.497 e. The quantitative estimate of drug-likeness (QED) is 0.218. The standard InChI is InChI=1S/C26H22N2O8/c1-32-19-6-5-7-20(15-19)34-16-21-10-11-25(35-21)26(29)27-17-12-18(28(30)31)14-22(13-17)36-24-9-4-3-8-23(24)33-2/h3-15H,16H2,1-2H3,(H,27,29). The summed E-state index contributed by atoms with van der Waals surface area (Å²) in [7, 11) is 3.05. The third kappa shape index (κ3) is 5.92. The first-order valence-corrected chi connectivity index (χ1v) is 10.7. The number of nitrogens with zero attached hydrogens (tertiary/aromatic N) is 1. The minimum atomic E-state index is -0.591. The van der Waals surface area contributed by atoms with Crippen LogP contribution in [0.15, 0.2) is 83.3 Å². The van der Waals surface area contributed by atoms with Crippen LogP contribution in [0.25, 0.3) is 0 Å². The molecule has 0 aliphatic heterocycles. The molecular weight excluding hydrogens is 468 g/mol. The normalized spacial score (nSPS) is 10.4.